The van der Waals surface area contributed by atoms with Crippen LogP contribution in [-0.2, 0) is 4.79 Å². The first-order valence-electron chi connectivity index (χ1n) is 6.70. The van der Waals surface area contributed by atoms with Crippen molar-refractivity contribution in [2.75, 3.05) is 12.0 Å². The molecule has 0 aliphatic carbocycles. The Kier molecular flexibility index (Phi) is 6.61. The van der Waals surface area contributed by atoms with E-state index in [-0.39, 0.29) is 6.04 Å². The molecule has 1 aromatic rings. The number of hydrogen-bond donors (Lipinski definition) is 3. The molecule has 0 aliphatic heterocycles. The smallest absolute Gasteiger partial charge is 0.326 e. The van der Waals surface area contributed by atoms with Crippen LogP contribution in [-0.4, -0.2) is 35.2 Å². The molecule has 0 saturated carbocycles. The van der Waals surface area contributed by atoms with E-state index in [1.807, 2.05) is 33.1 Å². The highest BCUT2D eigenvalue weighted by Gasteiger charge is 2.21. The molecule has 0 aromatic carbocycles. The summed E-state index contributed by atoms with van der Waals surface area (Å²) in [6.45, 7) is 5.50. The first-order chi connectivity index (χ1) is 9.85. The van der Waals surface area contributed by atoms with E-state index in [1.165, 1.54) is 0 Å². The first-order valence-corrected chi connectivity index (χ1v) is 8.10. The lowest BCUT2D eigenvalue weighted by Crippen LogP contribution is -2.46. The molecule has 0 radical (unpaired) electrons. The summed E-state index contributed by atoms with van der Waals surface area (Å²) >= 11 is 1.54. The zero-order valence-corrected chi connectivity index (χ0v) is 13.5. The number of nitrogens with one attached hydrogen (secondary N) is 2. The SMILES string of the molecule is CSCC[C@H](NC(=O)NC(C)c1cc(C)oc1C)C(=O)O. The summed E-state index contributed by atoms with van der Waals surface area (Å²) in [5.74, 6) is 1.17. The van der Waals surface area contributed by atoms with Crippen molar-refractivity contribution in [3.8, 4) is 0 Å². The van der Waals surface area contributed by atoms with E-state index < -0.39 is 18.0 Å². The van der Waals surface area contributed by atoms with Crippen LogP contribution in [0.5, 0.6) is 0 Å². The molecule has 1 heterocycles. The van der Waals surface area contributed by atoms with Crippen LogP contribution in [0, 0.1) is 13.8 Å². The predicted molar refractivity (Wildman–Crippen MR) is 82.7 cm³/mol. The highest BCUT2D eigenvalue weighted by Crippen LogP contribution is 2.20. The average molecular weight is 314 g/mol. The summed E-state index contributed by atoms with van der Waals surface area (Å²) in [5, 5.41) is 14.3. The maximum Gasteiger partial charge on any atom is 0.326 e. The third kappa shape index (κ3) is 5.34. The summed E-state index contributed by atoms with van der Waals surface area (Å²) in [6.07, 6.45) is 2.28. The Hall–Kier alpha value is -1.63. The number of urea groups is 1. The van der Waals surface area contributed by atoms with Gasteiger partial charge < -0.3 is 20.2 Å². The van der Waals surface area contributed by atoms with E-state index in [9.17, 15) is 9.59 Å². The number of carboxylic acids is 1. The standard InChI is InChI=1S/C14H22N2O4S/c1-8-7-11(10(3)20-8)9(2)15-14(19)16-12(13(17)18)5-6-21-4/h7,9,12H,5-6H2,1-4H3,(H,17,18)(H2,15,16,19)/t9?,12-/m0/s1. The fourth-order valence-corrected chi connectivity index (χ4v) is 2.52. The van der Waals surface area contributed by atoms with E-state index >= 15 is 0 Å². The van der Waals surface area contributed by atoms with Crippen molar-refractivity contribution < 1.29 is 19.1 Å². The molecule has 118 valence electrons. The second-order valence-corrected chi connectivity index (χ2v) is 5.87. The minimum atomic E-state index is -1.03. The number of furan rings is 1. The maximum absolute atomic E-state index is 11.9. The fraction of sp³-hybridized carbons (Fsp3) is 0.571. The number of rotatable bonds is 7. The Morgan fingerprint density at radius 1 is 1.38 bits per heavy atom. The van der Waals surface area contributed by atoms with E-state index in [1.54, 1.807) is 11.8 Å². The van der Waals surface area contributed by atoms with E-state index in [0.29, 0.717) is 12.2 Å². The van der Waals surface area contributed by atoms with Crippen molar-refractivity contribution in [2.24, 2.45) is 0 Å². The van der Waals surface area contributed by atoms with E-state index in [0.717, 1.165) is 17.1 Å². The Balaban J connectivity index is 2.59. The lowest BCUT2D eigenvalue weighted by Gasteiger charge is -2.18. The monoisotopic (exact) mass is 314 g/mol. The van der Waals surface area contributed by atoms with Crippen molar-refractivity contribution in [1.82, 2.24) is 10.6 Å². The summed E-state index contributed by atoms with van der Waals surface area (Å²) in [6, 6.07) is 0.242. The van der Waals surface area contributed by atoms with Crippen molar-refractivity contribution in [1.29, 1.82) is 0 Å². The molecule has 0 fully saturated rings. The van der Waals surface area contributed by atoms with Crippen LogP contribution in [0.1, 0.15) is 36.5 Å². The molecule has 1 unspecified atom stereocenters. The quantitative estimate of drug-likeness (QED) is 0.719. The second kappa shape index (κ2) is 7.97. The zero-order valence-electron chi connectivity index (χ0n) is 12.7. The minimum Gasteiger partial charge on any atom is -0.480 e. The van der Waals surface area contributed by atoms with Gasteiger partial charge in [-0.2, -0.15) is 11.8 Å². The van der Waals surface area contributed by atoms with Gasteiger partial charge in [-0.05, 0) is 45.3 Å². The normalized spacial score (nSPS) is 13.5. The van der Waals surface area contributed by atoms with Crippen LogP contribution in [0.4, 0.5) is 4.79 Å². The van der Waals surface area contributed by atoms with Gasteiger partial charge in [0.1, 0.15) is 17.6 Å². The third-order valence-corrected chi connectivity index (χ3v) is 3.75. The molecule has 0 aliphatic rings. The van der Waals surface area contributed by atoms with Crippen LogP contribution in [0.2, 0.25) is 0 Å². The van der Waals surface area contributed by atoms with Gasteiger partial charge in [0.25, 0.3) is 0 Å². The number of aryl methyl sites for hydroxylation is 2. The van der Waals surface area contributed by atoms with Gasteiger partial charge >= 0.3 is 12.0 Å². The van der Waals surface area contributed by atoms with Gasteiger partial charge in [0, 0.05) is 5.56 Å². The number of carbonyl (C=O) groups is 2. The van der Waals surface area contributed by atoms with Crippen molar-refractivity contribution >= 4 is 23.8 Å². The summed E-state index contributed by atoms with van der Waals surface area (Å²) in [5.41, 5.74) is 0.888. The maximum atomic E-state index is 11.9. The Labute approximate surface area is 128 Å². The molecular formula is C14H22N2O4S. The van der Waals surface area contributed by atoms with Gasteiger partial charge in [0.2, 0.25) is 0 Å². The largest absolute Gasteiger partial charge is 0.480 e. The molecule has 1 aromatic heterocycles. The lowest BCUT2D eigenvalue weighted by molar-refractivity contribution is -0.139. The molecular weight excluding hydrogens is 292 g/mol. The highest BCUT2D eigenvalue weighted by molar-refractivity contribution is 7.98. The molecule has 7 heteroatoms. The van der Waals surface area contributed by atoms with Crippen molar-refractivity contribution in [3.63, 3.8) is 0 Å². The van der Waals surface area contributed by atoms with Crippen LogP contribution >= 0.6 is 11.8 Å². The van der Waals surface area contributed by atoms with Gasteiger partial charge in [-0.25, -0.2) is 9.59 Å². The number of aliphatic carboxylic acids is 1. The molecule has 21 heavy (non-hydrogen) atoms. The van der Waals surface area contributed by atoms with Gasteiger partial charge in [0.15, 0.2) is 0 Å². The minimum absolute atomic E-state index is 0.252. The van der Waals surface area contributed by atoms with Gasteiger partial charge in [-0.3, -0.25) is 0 Å². The van der Waals surface area contributed by atoms with Crippen LogP contribution in [0.3, 0.4) is 0 Å². The van der Waals surface area contributed by atoms with Crippen LogP contribution in [0.25, 0.3) is 0 Å². The number of carbonyl (C=O) groups excluding carboxylic acids is 1. The van der Waals surface area contributed by atoms with Crippen LogP contribution in [0.15, 0.2) is 10.5 Å². The Morgan fingerprint density at radius 2 is 2.05 bits per heavy atom. The molecule has 0 spiro atoms. The van der Waals surface area contributed by atoms with Gasteiger partial charge in [-0.15, -0.1) is 0 Å². The topological polar surface area (TPSA) is 91.6 Å². The molecule has 3 N–H and O–H groups in total. The van der Waals surface area contributed by atoms with E-state index in [2.05, 4.69) is 10.6 Å². The van der Waals surface area contributed by atoms with Crippen molar-refractivity contribution in [3.05, 3.63) is 23.2 Å². The number of amides is 2. The molecule has 0 saturated heterocycles. The molecule has 2 atom stereocenters. The predicted octanol–water partition coefficient (Wildman–Crippen LogP) is 2.46. The fourth-order valence-electron chi connectivity index (χ4n) is 2.05. The first kappa shape index (κ1) is 17.4. The second-order valence-electron chi connectivity index (χ2n) is 4.88. The lowest BCUT2D eigenvalue weighted by atomic mass is 10.1. The molecule has 1 rings (SSSR count). The number of hydrogen-bond acceptors (Lipinski definition) is 4. The molecule has 6 nitrogen and oxygen atoms in total. The van der Waals surface area contributed by atoms with Gasteiger partial charge in [0.05, 0.1) is 6.04 Å². The Bertz CT molecular complexity index is 501. The summed E-state index contributed by atoms with van der Waals surface area (Å²) in [7, 11) is 0. The highest BCUT2D eigenvalue weighted by atomic mass is 32.2. The summed E-state index contributed by atoms with van der Waals surface area (Å²) in [4.78, 5) is 23.0. The third-order valence-electron chi connectivity index (χ3n) is 3.11. The zero-order chi connectivity index (χ0) is 16.0. The number of thioether (sulfide) groups is 1. The average Bonchev–Trinajstić information content (AvgIpc) is 2.73. The van der Waals surface area contributed by atoms with E-state index in [4.69, 9.17) is 9.52 Å². The molecule has 0 bridgehead atoms. The van der Waals surface area contributed by atoms with Gasteiger partial charge in [-0.1, -0.05) is 0 Å². The number of carboxylic acid groups (broad SMARTS) is 1. The Morgan fingerprint density at radius 3 is 2.52 bits per heavy atom. The van der Waals surface area contributed by atoms with Crippen LogP contribution < -0.4 is 10.6 Å². The van der Waals surface area contributed by atoms with Crippen molar-refractivity contribution in [2.45, 2.75) is 39.3 Å². The molecule has 2 amide bonds. The summed E-state index contributed by atoms with van der Waals surface area (Å²) < 4.78 is 5.42.